The predicted octanol–water partition coefficient (Wildman–Crippen LogP) is -1.30. The molecule has 62 valence electrons. The van der Waals surface area contributed by atoms with Crippen molar-refractivity contribution in [2.24, 2.45) is 5.73 Å². The molecule has 0 saturated carbocycles. The van der Waals surface area contributed by atoms with Crippen LogP contribution in [0.15, 0.2) is 12.2 Å². The van der Waals surface area contributed by atoms with E-state index in [0.717, 1.165) is 0 Å². The first-order chi connectivity index (χ1) is 5.24. The minimum atomic E-state index is -0.328. The lowest BCUT2D eigenvalue weighted by atomic mass is 10.1. The van der Waals surface area contributed by atoms with Crippen LogP contribution in [0.2, 0.25) is 0 Å². The molecule has 3 N–H and O–H groups in total. The molecule has 0 unspecified atom stereocenters. The Hall–Kier alpha value is -0.870. The van der Waals surface area contributed by atoms with Crippen LogP contribution in [0, 0.1) is 0 Å². The number of aliphatic hydroxyl groups is 1. The molecule has 11 heavy (non-hydrogen) atoms. The molecule has 0 aromatic rings. The summed E-state index contributed by atoms with van der Waals surface area (Å²) in [6.45, 7) is 1.28. The topological polar surface area (TPSA) is 66.6 Å². The molecule has 1 amide bonds. The number of nitrogens with zero attached hydrogens (tertiary/aromatic N) is 1. The van der Waals surface area contributed by atoms with Gasteiger partial charge in [0.05, 0.1) is 6.10 Å². The lowest BCUT2D eigenvalue weighted by Crippen LogP contribution is -2.52. The number of likely N-dealkylation sites (tertiary alicyclic amines) is 1. The number of carbonyl (C=O) groups excluding carboxylic acids is 1. The SMILES string of the molecule is NC/C=C/C(=O)N1CC(O)C1. The van der Waals surface area contributed by atoms with Crippen LogP contribution in [-0.2, 0) is 4.79 Å². The van der Waals surface area contributed by atoms with E-state index in [1.807, 2.05) is 0 Å². The molecule has 0 bridgehead atoms. The van der Waals surface area contributed by atoms with Gasteiger partial charge >= 0.3 is 0 Å². The van der Waals surface area contributed by atoms with Gasteiger partial charge in [-0.2, -0.15) is 0 Å². The summed E-state index contributed by atoms with van der Waals surface area (Å²) < 4.78 is 0. The summed E-state index contributed by atoms with van der Waals surface area (Å²) in [5.74, 6) is -0.0687. The average molecular weight is 156 g/mol. The van der Waals surface area contributed by atoms with Crippen LogP contribution in [0.3, 0.4) is 0 Å². The zero-order valence-electron chi connectivity index (χ0n) is 6.23. The second-order valence-electron chi connectivity index (χ2n) is 2.54. The Morgan fingerprint density at radius 2 is 2.36 bits per heavy atom. The zero-order chi connectivity index (χ0) is 8.27. The Bertz CT molecular complexity index is 173. The molecule has 1 rings (SSSR count). The van der Waals surface area contributed by atoms with Crippen molar-refractivity contribution < 1.29 is 9.90 Å². The van der Waals surface area contributed by atoms with Crippen LogP contribution in [0.25, 0.3) is 0 Å². The van der Waals surface area contributed by atoms with Gasteiger partial charge in [-0.1, -0.05) is 6.08 Å². The smallest absolute Gasteiger partial charge is 0.246 e. The maximum atomic E-state index is 11.0. The van der Waals surface area contributed by atoms with E-state index in [2.05, 4.69) is 0 Å². The van der Waals surface area contributed by atoms with Gasteiger partial charge in [0.15, 0.2) is 0 Å². The minimum Gasteiger partial charge on any atom is -0.389 e. The predicted molar refractivity (Wildman–Crippen MR) is 40.8 cm³/mol. The fraction of sp³-hybridized carbons (Fsp3) is 0.571. The molecule has 1 aliphatic heterocycles. The molecule has 1 heterocycles. The second-order valence-corrected chi connectivity index (χ2v) is 2.54. The summed E-state index contributed by atoms with van der Waals surface area (Å²) in [6, 6.07) is 0. The van der Waals surface area contributed by atoms with Crippen molar-refractivity contribution in [3.8, 4) is 0 Å². The lowest BCUT2D eigenvalue weighted by Gasteiger charge is -2.34. The van der Waals surface area contributed by atoms with Crippen molar-refractivity contribution in [1.29, 1.82) is 0 Å². The molecule has 0 spiro atoms. The molecule has 1 saturated heterocycles. The van der Waals surface area contributed by atoms with Crippen LogP contribution in [0.5, 0.6) is 0 Å². The second kappa shape index (κ2) is 3.50. The molecule has 0 radical (unpaired) electrons. The molecule has 0 atom stereocenters. The third kappa shape index (κ3) is 2.03. The van der Waals surface area contributed by atoms with Crippen molar-refractivity contribution >= 4 is 5.91 Å². The monoisotopic (exact) mass is 156 g/mol. The first-order valence-corrected chi connectivity index (χ1v) is 3.57. The molecule has 0 aromatic heterocycles. The number of amides is 1. The van der Waals surface area contributed by atoms with Crippen molar-refractivity contribution in [3.05, 3.63) is 12.2 Å². The molecule has 0 aliphatic carbocycles. The highest BCUT2D eigenvalue weighted by atomic mass is 16.3. The zero-order valence-corrected chi connectivity index (χ0v) is 6.23. The Labute approximate surface area is 65.3 Å². The number of aliphatic hydroxyl groups excluding tert-OH is 1. The third-order valence-electron chi connectivity index (χ3n) is 1.57. The number of hydrogen-bond acceptors (Lipinski definition) is 3. The van der Waals surface area contributed by atoms with Crippen molar-refractivity contribution in [3.63, 3.8) is 0 Å². The standard InChI is InChI=1S/C7H12N2O2/c8-3-1-2-7(11)9-4-6(10)5-9/h1-2,6,10H,3-5,8H2/b2-1+. The lowest BCUT2D eigenvalue weighted by molar-refractivity contribution is -0.135. The first kappa shape index (κ1) is 8.23. The highest BCUT2D eigenvalue weighted by molar-refractivity contribution is 5.88. The van der Waals surface area contributed by atoms with E-state index >= 15 is 0 Å². The first-order valence-electron chi connectivity index (χ1n) is 3.57. The molecule has 4 heteroatoms. The van der Waals surface area contributed by atoms with E-state index in [9.17, 15) is 4.79 Å². The molecule has 0 aromatic carbocycles. The van der Waals surface area contributed by atoms with Crippen LogP contribution in [0.1, 0.15) is 0 Å². The largest absolute Gasteiger partial charge is 0.389 e. The van der Waals surface area contributed by atoms with Gasteiger partial charge in [-0.05, 0) is 0 Å². The summed E-state index contributed by atoms with van der Waals surface area (Å²) >= 11 is 0. The van der Waals surface area contributed by atoms with Crippen molar-refractivity contribution in [2.45, 2.75) is 6.10 Å². The van der Waals surface area contributed by atoms with Gasteiger partial charge in [0.25, 0.3) is 0 Å². The number of β-amino-alcohol motifs (C(OH)–C–C–N with tert-alkyl or cyclic N) is 1. The highest BCUT2D eigenvalue weighted by Gasteiger charge is 2.26. The van der Waals surface area contributed by atoms with Gasteiger partial charge < -0.3 is 15.7 Å². The summed E-state index contributed by atoms with van der Waals surface area (Å²) in [4.78, 5) is 12.6. The summed E-state index contributed by atoms with van der Waals surface area (Å²) in [5.41, 5.74) is 5.16. The normalized spacial score (nSPS) is 18.9. The van der Waals surface area contributed by atoms with E-state index in [0.29, 0.717) is 19.6 Å². The Kier molecular flexibility index (Phi) is 2.62. The number of nitrogens with two attached hydrogens (primary N) is 1. The number of hydrogen-bond donors (Lipinski definition) is 2. The highest BCUT2D eigenvalue weighted by Crippen LogP contribution is 2.07. The van der Waals surface area contributed by atoms with E-state index in [1.54, 1.807) is 11.0 Å². The van der Waals surface area contributed by atoms with Crippen molar-refractivity contribution in [2.75, 3.05) is 19.6 Å². The maximum absolute atomic E-state index is 11.0. The number of carbonyl (C=O) groups is 1. The van der Waals surface area contributed by atoms with Crippen LogP contribution < -0.4 is 5.73 Å². The molecular weight excluding hydrogens is 144 g/mol. The molecular formula is C7H12N2O2. The van der Waals surface area contributed by atoms with Gasteiger partial charge in [-0.15, -0.1) is 0 Å². The van der Waals surface area contributed by atoms with Crippen LogP contribution in [-0.4, -0.2) is 41.7 Å². The molecule has 1 aliphatic rings. The van der Waals surface area contributed by atoms with Gasteiger partial charge in [-0.3, -0.25) is 4.79 Å². The summed E-state index contributed by atoms with van der Waals surface area (Å²) in [5, 5.41) is 8.85. The van der Waals surface area contributed by atoms with E-state index in [-0.39, 0.29) is 12.0 Å². The Morgan fingerprint density at radius 3 is 2.82 bits per heavy atom. The Balaban J connectivity index is 2.26. The van der Waals surface area contributed by atoms with Crippen LogP contribution >= 0.6 is 0 Å². The van der Waals surface area contributed by atoms with E-state index in [4.69, 9.17) is 10.8 Å². The minimum absolute atomic E-state index is 0.0687. The van der Waals surface area contributed by atoms with E-state index < -0.39 is 0 Å². The van der Waals surface area contributed by atoms with Gasteiger partial charge in [0, 0.05) is 25.7 Å². The number of rotatable bonds is 2. The van der Waals surface area contributed by atoms with Crippen LogP contribution in [0.4, 0.5) is 0 Å². The summed E-state index contributed by atoms with van der Waals surface area (Å²) in [6.07, 6.45) is 2.71. The molecule has 1 fully saturated rings. The van der Waals surface area contributed by atoms with E-state index in [1.165, 1.54) is 6.08 Å². The molecule has 4 nitrogen and oxygen atoms in total. The summed E-state index contributed by atoms with van der Waals surface area (Å²) in [7, 11) is 0. The average Bonchev–Trinajstić information content (AvgIpc) is 1.94. The van der Waals surface area contributed by atoms with Gasteiger partial charge in [0.2, 0.25) is 5.91 Å². The van der Waals surface area contributed by atoms with Gasteiger partial charge in [0.1, 0.15) is 0 Å². The fourth-order valence-corrected chi connectivity index (χ4v) is 0.910. The Morgan fingerprint density at radius 1 is 1.73 bits per heavy atom. The third-order valence-corrected chi connectivity index (χ3v) is 1.57. The fourth-order valence-electron chi connectivity index (χ4n) is 0.910. The van der Waals surface area contributed by atoms with Gasteiger partial charge in [-0.25, -0.2) is 0 Å². The van der Waals surface area contributed by atoms with Crippen molar-refractivity contribution in [1.82, 2.24) is 4.90 Å². The quantitative estimate of drug-likeness (QED) is 0.488. The maximum Gasteiger partial charge on any atom is 0.246 e.